The van der Waals surface area contributed by atoms with Gasteiger partial charge in [-0.05, 0) is 30.7 Å². The number of thioether (sulfide) groups is 1. The molecule has 0 spiro atoms. The Morgan fingerprint density at radius 3 is 2.83 bits per heavy atom. The largest absolute Gasteiger partial charge is 0.462 e. The SMILES string of the molecule is Cc1ccc(C=CC(=O)Nc2nnc(SCc3ccccc3)s2)o1. The predicted octanol–water partition coefficient (Wildman–Crippen LogP) is 4.38. The molecule has 7 heteroatoms. The first-order chi connectivity index (χ1) is 11.7. The van der Waals surface area contributed by atoms with Gasteiger partial charge in [0.15, 0.2) is 4.34 Å². The standard InChI is InChI=1S/C17H15N3O2S2/c1-12-7-8-14(22-12)9-10-15(21)18-16-19-20-17(24-16)23-11-13-5-3-2-4-6-13/h2-10H,11H2,1H3,(H,18,19,21). The van der Waals surface area contributed by atoms with Crippen molar-refractivity contribution >= 4 is 40.2 Å². The second kappa shape index (κ2) is 7.94. The first kappa shape index (κ1) is 16.5. The average Bonchev–Trinajstić information content (AvgIpc) is 3.21. The highest BCUT2D eigenvalue weighted by Crippen LogP contribution is 2.28. The molecular formula is C17H15N3O2S2. The lowest BCUT2D eigenvalue weighted by molar-refractivity contribution is -0.111. The molecule has 2 heterocycles. The fraction of sp³-hybridized carbons (Fsp3) is 0.118. The summed E-state index contributed by atoms with van der Waals surface area (Å²) >= 11 is 2.95. The zero-order valence-electron chi connectivity index (χ0n) is 12.9. The molecule has 122 valence electrons. The molecule has 0 aliphatic carbocycles. The summed E-state index contributed by atoms with van der Waals surface area (Å²) in [5.74, 6) is 2.00. The minimum atomic E-state index is -0.264. The van der Waals surface area contributed by atoms with Crippen LogP contribution in [-0.2, 0) is 10.5 Å². The van der Waals surface area contributed by atoms with Gasteiger partial charge in [0.1, 0.15) is 11.5 Å². The van der Waals surface area contributed by atoms with E-state index in [0.717, 1.165) is 15.9 Å². The van der Waals surface area contributed by atoms with Crippen LogP contribution in [0, 0.1) is 6.92 Å². The molecule has 3 rings (SSSR count). The van der Waals surface area contributed by atoms with E-state index in [9.17, 15) is 4.79 Å². The molecule has 1 aromatic carbocycles. The van der Waals surface area contributed by atoms with Crippen molar-refractivity contribution < 1.29 is 9.21 Å². The molecule has 2 aromatic heterocycles. The molecule has 0 aliphatic heterocycles. The minimum Gasteiger partial charge on any atom is -0.462 e. The first-order valence-electron chi connectivity index (χ1n) is 7.25. The number of amides is 1. The van der Waals surface area contributed by atoms with E-state index in [4.69, 9.17) is 4.42 Å². The molecule has 3 aromatic rings. The predicted molar refractivity (Wildman–Crippen MR) is 97.0 cm³/mol. The maximum atomic E-state index is 11.9. The van der Waals surface area contributed by atoms with Crippen molar-refractivity contribution in [2.45, 2.75) is 17.0 Å². The molecule has 1 N–H and O–H groups in total. The zero-order valence-corrected chi connectivity index (χ0v) is 14.6. The molecular weight excluding hydrogens is 342 g/mol. The van der Waals surface area contributed by atoms with Gasteiger partial charge >= 0.3 is 0 Å². The number of aryl methyl sites for hydroxylation is 1. The number of rotatable bonds is 6. The lowest BCUT2D eigenvalue weighted by atomic mass is 10.2. The lowest BCUT2D eigenvalue weighted by Crippen LogP contribution is -2.07. The van der Waals surface area contributed by atoms with E-state index in [-0.39, 0.29) is 5.91 Å². The number of hydrogen-bond donors (Lipinski definition) is 1. The average molecular weight is 357 g/mol. The summed E-state index contributed by atoms with van der Waals surface area (Å²) in [6.07, 6.45) is 3.03. The molecule has 0 saturated heterocycles. The molecule has 5 nitrogen and oxygen atoms in total. The van der Waals surface area contributed by atoms with Crippen LogP contribution in [0.3, 0.4) is 0 Å². The quantitative estimate of drug-likeness (QED) is 0.403. The van der Waals surface area contributed by atoms with Gasteiger partial charge in [-0.25, -0.2) is 0 Å². The minimum absolute atomic E-state index is 0.264. The second-order valence-electron chi connectivity index (χ2n) is 4.92. The molecule has 0 bridgehead atoms. The van der Waals surface area contributed by atoms with Crippen molar-refractivity contribution in [3.8, 4) is 0 Å². The van der Waals surface area contributed by atoms with E-state index >= 15 is 0 Å². The Morgan fingerprint density at radius 2 is 2.08 bits per heavy atom. The number of carbonyl (C=O) groups excluding carboxylic acids is 1. The Bertz CT molecular complexity index is 840. The number of hydrogen-bond acceptors (Lipinski definition) is 6. The van der Waals surface area contributed by atoms with Crippen molar-refractivity contribution in [1.82, 2.24) is 10.2 Å². The number of benzene rings is 1. The summed E-state index contributed by atoms with van der Waals surface area (Å²) in [6.45, 7) is 1.85. The fourth-order valence-corrected chi connectivity index (χ4v) is 3.60. The Morgan fingerprint density at radius 1 is 1.25 bits per heavy atom. The van der Waals surface area contributed by atoms with Crippen LogP contribution in [0.5, 0.6) is 0 Å². The summed E-state index contributed by atoms with van der Waals surface area (Å²) in [5, 5.41) is 11.3. The van der Waals surface area contributed by atoms with Gasteiger partial charge in [-0.2, -0.15) is 0 Å². The van der Waals surface area contributed by atoms with E-state index in [1.54, 1.807) is 17.8 Å². The summed E-state index contributed by atoms with van der Waals surface area (Å²) in [6, 6.07) is 13.8. The number of nitrogens with zero attached hydrogens (tertiary/aromatic N) is 2. The van der Waals surface area contributed by atoms with Crippen LogP contribution in [0.15, 0.2) is 57.3 Å². The second-order valence-corrected chi connectivity index (χ2v) is 7.12. The Balaban J connectivity index is 1.52. The number of carbonyl (C=O) groups is 1. The van der Waals surface area contributed by atoms with Crippen molar-refractivity contribution in [2.75, 3.05) is 5.32 Å². The van der Waals surface area contributed by atoms with Gasteiger partial charge in [-0.1, -0.05) is 53.4 Å². The Hall–Kier alpha value is -2.38. The summed E-state index contributed by atoms with van der Waals surface area (Å²) < 4.78 is 6.19. The fourth-order valence-electron chi connectivity index (χ4n) is 1.89. The van der Waals surface area contributed by atoms with Gasteiger partial charge in [0, 0.05) is 11.8 Å². The molecule has 0 atom stereocenters. The van der Waals surface area contributed by atoms with Crippen LogP contribution in [-0.4, -0.2) is 16.1 Å². The van der Waals surface area contributed by atoms with Crippen LogP contribution >= 0.6 is 23.1 Å². The molecule has 0 unspecified atom stereocenters. The maximum Gasteiger partial charge on any atom is 0.250 e. The summed E-state index contributed by atoms with van der Waals surface area (Å²) in [4.78, 5) is 11.9. The molecule has 0 aliphatic rings. The summed E-state index contributed by atoms with van der Waals surface area (Å²) in [5.41, 5.74) is 1.22. The first-order valence-corrected chi connectivity index (χ1v) is 9.05. The van der Waals surface area contributed by atoms with Crippen molar-refractivity contribution in [2.24, 2.45) is 0 Å². The van der Waals surface area contributed by atoms with Crippen LogP contribution in [0.2, 0.25) is 0 Å². The highest BCUT2D eigenvalue weighted by molar-refractivity contribution is 8.00. The van der Waals surface area contributed by atoms with Crippen LogP contribution in [0.1, 0.15) is 17.1 Å². The van der Waals surface area contributed by atoms with E-state index in [0.29, 0.717) is 10.9 Å². The van der Waals surface area contributed by atoms with Crippen molar-refractivity contribution in [3.63, 3.8) is 0 Å². The normalized spacial score (nSPS) is 11.0. The molecule has 0 radical (unpaired) electrons. The highest BCUT2D eigenvalue weighted by Gasteiger charge is 2.07. The van der Waals surface area contributed by atoms with E-state index < -0.39 is 0 Å². The third-order valence-corrected chi connectivity index (χ3v) is 5.05. The molecule has 1 amide bonds. The molecule has 24 heavy (non-hydrogen) atoms. The third kappa shape index (κ3) is 4.81. The Kier molecular flexibility index (Phi) is 5.45. The van der Waals surface area contributed by atoms with Crippen LogP contribution < -0.4 is 5.32 Å². The van der Waals surface area contributed by atoms with Crippen molar-refractivity contribution in [1.29, 1.82) is 0 Å². The van der Waals surface area contributed by atoms with Gasteiger partial charge in [-0.15, -0.1) is 10.2 Å². The van der Waals surface area contributed by atoms with E-state index in [2.05, 4.69) is 27.6 Å². The molecule has 0 fully saturated rings. The van der Waals surface area contributed by atoms with Gasteiger partial charge in [0.2, 0.25) is 11.0 Å². The lowest BCUT2D eigenvalue weighted by Gasteiger charge is -1.97. The van der Waals surface area contributed by atoms with E-state index in [1.807, 2.05) is 37.3 Å². The van der Waals surface area contributed by atoms with Crippen LogP contribution in [0.4, 0.5) is 5.13 Å². The third-order valence-electron chi connectivity index (χ3n) is 3.00. The zero-order chi connectivity index (χ0) is 16.8. The number of furan rings is 1. The molecule has 0 saturated carbocycles. The van der Waals surface area contributed by atoms with Gasteiger partial charge < -0.3 is 4.42 Å². The van der Waals surface area contributed by atoms with Gasteiger partial charge in [-0.3, -0.25) is 10.1 Å². The number of aromatic nitrogens is 2. The highest BCUT2D eigenvalue weighted by atomic mass is 32.2. The number of anilines is 1. The van der Waals surface area contributed by atoms with E-state index in [1.165, 1.54) is 23.0 Å². The summed E-state index contributed by atoms with van der Waals surface area (Å²) in [7, 11) is 0. The van der Waals surface area contributed by atoms with Crippen LogP contribution in [0.25, 0.3) is 6.08 Å². The monoisotopic (exact) mass is 357 g/mol. The van der Waals surface area contributed by atoms with Gasteiger partial charge in [0.25, 0.3) is 0 Å². The number of nitrogens with one attached hydrogen (secondary N) is 1. The topological polar surface area (TPSA) is 68.0 Å². The Labute approximate surface area is 147 Å². The van der Waals surface area contributed by atoms with Gasteiger partial charge in [0.05, 0.1) is 0 Å². The van der Waals surface area contributed by atoms with Crippen molar-refractivity contribution in [3.05, 3.63) is 65.6 Å². The maximum absolute atomic E-state index is 11.9. The smallest absolute Gasteiger partial charge is 0.250 e.